The van der Waals surface area contributed by atoms with Gasteiger partial charge in [-0.05, 0) is 37.6 Å². The minimum atomic E-state index is -1.28. The lowest BCUT2D eigenvalue weighted by Crippen LogP contribution is -2.45. The van der Waals surface area contributed by atoms with Crippen molar-refractivity contribution in [1.29, 1.82) is 0 Å². The number of hydrogen-bond donors (Lipinski definition) is 0. The van der Waals surface area contributed by atoms with E-state index in [-0.39, 0.29) is 56.0 Å². The Morgan fingerprint density at radius 3 is 2.55 bits per heavy atom. The highest BCUT2D eigenvalue weighted by Crippen LogP contribution is 2.39. The molecule has 1 saturated heterocycles. The summed E-state index contributed by atoms with van der Waals surface area (Å²) in [6.45, 7) is 4.07. The topological polar surface area (TPSA) is 86.0 Å². The highest BCUT2D eigenvalue weighted by atomic mass is 35.5. The van der Waals surface area contributed by atoms with Crippen molar-refractivity contribution in [3.05, 3.63) is 71.7 Å². The van der Waals surface area contributed by atoms with E-state index in [2.05, 4.69) is 19.9 Å². The molecule has 1 aliphatic heterocycles. The van der Waals surface area contributed by atoms with Crippen molar-refractivity contribution in [3.8, 4) is 22.9 Å². The number of nitrogens with zero attached hydrogens (tertiary/aromatic N) is 6. The second-order valence-corrected chi connectivity index (χ2v) is 10.1. The Morgan fingerprint density at radius 1 is 1.10 bits per heavy atom. The zero-order chi connectivity index (χ0) is 28.0. The fourth-order valence-electron chi connectivity index (χ4n) is 5.38. The Labute approximate surface area is 260 Å². The lowest BCUT2D eigenvalue weighted by atomic mass is 10.00. The summed E-state index contributed by atoms with van der Waals surface area (Å²) in [7, 11) is 0. The highest BCUT2D eigenvalue weighted by Gasteiger charge is 2.34. The summed E-state index contributed by atoms with van der Waals surface area (Å²) in [5.41, 5.74) is 2.39. The summed E-state index contributed by atoms with van der Waals surface area (Å²) in [5, 5.41) is 0.899. The zero-order valence-electron chi connectivity index (χ0n) is 22.8. The molecule has 0 radical (unpaired) electrons. The molecule has 42 heavy (non-hydrogen) atoms. The number of alkyl halides is 1. The maximum atomic E-state index is 15.6. The largest absolute Gasteiger partial charge is 0.424 e. The first-order valence-electron chi connectivity index (χ1n) is 13.0. The number of fused-ring (bicyclic) bond motifs is 3. The van der Waals surface area contributed by atoms with Crippen molar-refractivity contribution < 1.29 is 18.3 Å². The number of aryl methyl sites for hydroxylation is 1. The number of amides is 1. The molecule has 1 fully saturated rings. The second kappa shape index (κ2) is 12.8. The lowest BCUT2D eigenvalue weighted by molar-refractivity contribution is -0.133. The van der Waals surface area contributed by atoms with E-state index in [0.29, 0.717) is 58.5 Å². The van der Waals surface area contributed by atoms with E-state index in [1.807, 2.05) is 11.5 Å². The van der Waals surface area contributed by atoms with E-state index in [9.17, 15) is 4.79 Å². The number of hydrogen-bond acceptors (Lipinski definition) is 6. The van der Waals surface area contributed by atoms with E-state index in [4.69, 9.17) is 16.3 Å². The Hall–Kier alpha value is -3.48. The van der Waals surface area contributed by atoms with Gasteiger partial charge in [0.25, 0.3) is 0 Å². The average molecular weight is 631 g/mol. The van der Waals surface area contributed by atoms with Crippen LogP contribution < -0.4 is 4.74 Å². The molecule has 13 heteroatoms. The summed E-state index contributed by atoms with van der Waals surface area (Å²) >= 11 is 6.60. The molecule has 220 valence electrons. The van der Waals surface area contributed by atoms with Gasteiger partial charge in [-0.15, -0.1) is 0 Å². The maximum Gasteiger partial charge on any atom is 0.321 e. The summed E-state index contributed by atoms with van der Waals surface area (Å²) in [4.78, 5) is 30.9. The number of ether oxygens (including phenoxy) is 1. The number of piperidine rings is 1. The third-order valence-electron chi connectivity index (χ3n) is 7.26. The molecule has 0 bridgehead atoms. The highest BCUT2D eigenvalue weighted by molar-refractivity contribution is 7.59. The van der Waals surface area contributed by atoms with E-state index >= 15 is 8.78 Å². The second-order valence-electron chi connectivity index (χ2n) is 9.71. The van der Waals surface area contributed by atoms with Gasteiger partial charge < -0.3 is 14.2 Å². The van der Waals surface area contributed by atoms with Crippen LogP contribution in [0, 0.1) is 12.7 Å². The van der Waals surface area contributed by atoms with E-state index in [0.717, 1.165) is 0 Å². The average Bonchev–Trinajstić information content (AvgIpc) is 3.29. The number of benzene rings is 2. The normalized spacial score (nSPS) is 16.6. The number of rotatable bonds is 5. The lowest BCUT2D eigenvalue weighted by Gasteiger charge is -2.36. The maximum absolute atomic E-state index is 15.6. The van der Waals surface area contributed by atoms with Crippen LogP contribution in [0.25, 0.3) is 33.1 Å². The fraction of sp³-hybridized carbons (Fsp3) is 0.276. The summed E-state index contributed by atoms with van der Waals surface area (Å²) in [6, 6.07) is 9.25. The number of carbonyl (C=O) groups is 1. The van der Waals surface area contributed by atoms with Crippen LogP contribution in [0.5, 0.6) is 11.8 Å². The van der Waals surface area contributed by atoms with Gasteiger partial charge >= 0.3 is 6.01 Å². The van der Waals surface area contributed by atoms with Crippen LogP contribution in [-0.2, 0) is 4.79 Å². The number of pyridine rings is 1. The van der Waals surface area contributed by atoms with Gasteiger partial charge in [0.2, 0.25) is 5.91 Å². The first-order chi connectivity index (χ1) is 19.3. The molecular formula is C29H29ClF2N6O2S2. The number of aromatic nitrogens is 5. The minimum Gasteiger partial charge on any atom is -0.424 e. The van der Waals surface area contributed by atoms with Crippen LogP contribution >= 0.6 is 38.6 Å². The van der Waals surface area contributed by atoms with E-state index in [1.165, 1.54) is 6.07 Å². The molecule has 0 spiro atoms. The number of halogens is 3. The Morgan fingerprint density at radius 2 is 1.86 bits per heavy atom. The van der Waals surface area contributed by atoms with Crippen LogP contribution in [0.3, 0.4) is 0 Å². The standard InChI is InChI=1S/C29H25ClF2N6O2.2H2S/c1-3-27(39)37-10-7-26(23(32)15-37)38-16(2)36-25-14-35-24-13-22(31)19(12-20(24)28(25)38)18-6-5-17(11-21(18)30)40-29-33-8-4-9-34-29;;/h4-6,8-9,11-14,23,26H,3,7,10,15H2,1-2H3;2*1H2/t23-,26-;;/m0../s1. The number of carbonyl (C=O) groups excluding carboxylic acids is 1. The molecule has 0 saturated carbocycles. The van der Waals surface area contributed by atoms with Gasteiger partial charge in [0.05, 0.1) is 34.8 Å². The van der Waals surface area contributed by atoms with Crippen molar-refractivity contribution in [3.63, 3.8) is 0 Å². The van der Waals surface area contributed by atoms with Gasteiger partial charge in [0.15, 0.2) is 0 Å². The van der Waals surface area contributed by atoms with Crippen LogP contribution in [0.15, 0.2) is 55.0 Å². The summed E-state index contributed by atoms with van der Waals surface area (Å²) < 4.78 is 38.5. The molecule has 2 aromatic carbocycles. The SMILES string of the molecule is CCC(=O)N1CC[C@H](n2c(C)nc3cnc4cc(F)c(-c5ccc(Oc6ncccn6)cc5Cl)cc4c32)[C@@H](F)C1.S.S. The van der Waals surface area contributed by atoms with Crippen molar-refractivity contribution in [2.45, 2.75) is 38.9 Å². The molecule has 4 heterocycles. The fourth-order valence-corrected chi connectivity index (χ4v) is 5.65. The Balaban J connectivity index is 0.00000202. The van der Waals surface area contributed by atoms with Crippen LogP contribution in [-0.4, -0.2) is 54.6 Å². The summed E-state index contributed by atoms with van der Waals surface area (Å²) in [6.07, 6.45) is 4.19. The minimum absolute atomic E-state index is 0. The molecule has 5 aromatic rings. The van der Waals surface area contributed by atoms with Crippen molar-refractivity contribution in [2.75, 3.05) is 13.1 Å². The van der Waals surface area contributed by atoms with Gasteiger partial charge in [-0.3, -0.25) is 9.78 Å². The van der Waals surface area contributed by atoms with Gasteiger partial charge in [-0.1, -0.05) is 18.5 Å². The molecule has 0 unspecified atom stereocenters. The van der Waals surface area contributed by atoms with E-state index < -0.39 is 18.0 Å². The Kier molecular flexibility index (Phi) is 9.59. The van der Waals surface area contributed by atoms with Gasteiger partial charge in [-0.2, -0.15) is 27.0 Å². The molecule has 6 rings (SSSR count). The first-order valence-corrected chi connectivity index (χ1v) is 13.3. The molecule has 0 N–H and O–H groups in total. The predicted octanol–water partition coefficient (Wildman–Crippen LogP) is 6.68. The van der Waals surface area contributed by atoms with Crippen molar-refractivity contribution >= 4 is 66.4 Å². The number of imidazole rings is 1. The third-order valence-corrected chi connectivity index (χ3v) is 7.57. The van der Waals surface area contributed by atoms with Gasteiger partial charge in [0.1, 0.15) is 29.1 Å². The molecule has 1 amide bonds. The Bertz CT molecular complexity index is 1760. The van der Waals surface area contributed by atoms with Crippen molar-refractivity contribution in [1.82, 2.24) is 29.4 Å². The van der Waals surface area contributed by atoms with Crippen molar-refractivity contribution in [2.24, 2.45) is 0 Å². The summed E-state index contributed by atoms with van der Waals surface area (Å²) in [5.74, 6) is 0.466. The molecule has 1 aliphatic rings. The predicted molar refractivity (Wildman–Crippen MR) is 168 cm³/mol. The molecule has 8 nitrogen and oxygen atoms in total. The van der Waals surface area contributed by atoms with Gasteiger partial charge in [0, 0.05) is 54.0 Å². The smallest absolute Gasteiger partial charge is 0.321 e. The zero-order valence-corrected chi connectivity index (χ0v) is 25.6. The van der Waals surface area contributed by atoms with Crippen LogP contribution in [0.4, 0.5) is 8.78 Å². The van der Waals surface area contributed by atoms with E-state index in [1.54, 1.807) is 60.7 Å². The molecule has 0 aliphatic carbocycles. The first kappa shape index (κ1) is 31.5. The monoisotopic (exact) mass is 630 g/mol. The van der Waals surface area contributed by atoms with Gasteiger partial charge in [-0.25, -0.2) is 23.7 Å². The van der Waals surface area contributed by atoms with Crippen LogP contribution in [0.2, 0.25) is 5.02 Å². The molecule has 2 atom stereocenters. The number of likely N-dealkylation sites (tertiary alicyclic amines) is 1. The molecular weight excluding hydrogens is 602 g/mol. The molecule has 3 aromatic heterocycles. The quantitative estimate of drug-likeness (QED) is 0.215. The van der Waals surface area contributed by atoms with Crippen LogP contribution in [0.1, 0.15) is 31.6 Å². The third kappa shape index (κ3) is 5.75.